The van der Waals surface area contributed by atoms with Gasteiger partial charge >= 0.3 is 6.18 Å². The molecule has 4 heterocycles. The summed E-state index contributed by atoms with van der Waals surface area (Å²) in [6.45, 7) is -0.389. The van der Waals surface area contributed by atoms with Gasteiger partial charge in [0, 0.05) is 25.2 Å². The fourth-order valence-electron chi connectivity index (χ4n) is 4.29. The number of anilines is 2. The Labute approximate surface area is 208 Å². The largest absolute Gasteiger partial charge is 0.416 e. The third-order valence-electron chi connectivity index (χ3n) is 5.82. The van der Waals surface area contributed by atoms with Crippen LogP contribution in [0.5, 0.6) is 0 Å². The molecule has 0 fully saturated rings. The second-order valence-corrected chi connectivity index (χ2v) is 10.2. The highest BCUT2D eigenvalue weighted by Crippen LogP contribution is 2.40. The molecule has 0 atom stereocenters. The molecule has 0 aliphatic carbocycles. The van der Waals surface area contributed by atoms with Crippen LogP contribution in [-0.4, -0.2) is 50.1 Å². The van der Waals surface area contributed by atoms with Crippen LogP contribution in [0.3, 0.4) is 0 Å². The summed E-state index contributed by atoms with van der Waals surface area (Å²) in [6, 6.07) is 6.34. The van der Waals surface area contributed by atoms with Crippen molar-refractivity contribution in [2.45, 2.75) is 12.7 Å². The number of aromatic nitrogens is 6. The number of sulfonamides is 1. The van der Waals surface area contributed by atoms with Gasteiger partial charge in [0.05, 0.1) is 35.8 Å². The summed E-state index contributed by atoms with van der Waals surface area (Å²) in [5, 5.41) is 12.3. The predicted molar refractivity (Wildman–Crippen MR) is 127 cm³/mol. The van der Waals surface area contributed by atoms with Crippen LogP contribution in [-0.2, 0) is 36.8 Å². The van der Waals surface area contributed by atoms with E-state index >= 15 is 0 Å². The van der Waals surface area contributed by atoms with Gasteiger partial charge in [0.1, 0.15) is 18.0 Å². The van der Waals surface area contributed by atoms with E-state index in [1.807, 2.05) is 0 Å². The van der Waals surface area contributed by atoms with Gasteiger partial charge in [-0.15, -0.1) is 10.2 Å². The summed E-state index contributed by atoms with van der Waals surface area (Å²) in [4.78, 5) is 18.5. The molecule has 5 rings (SSSR count). The number of nitrogens with zero attached hydrogens (tertiary/aromatic N) is 7. The smallest absolute Gasteiger partial charge is 0.317 e. The lowest BCUT2D eigenvalue weighted by Crippen LogP contribution is -2.25. The van der Waals surface area contributed by atoms with Crippen molar-refractivity contribution in [1.29, 1.82) is 0 Å². The van der Waals surface area contributed by atoms with Gasteiger partial charge < -0.3 is 4.57 Å². The van der Waals surface area contributed by atoms with Crippen molar-refractivity contribution >= 4 is 27.6 Å². The third kappa shape index (κ3) is 4.41. The predicted octanol–water partition coefficient (Wildman–Crippen LogP) is 2.83. The van der Waals surface area contributed by atoms with Crippen molar-refractivity contribution in [2.75, 3.05) is 15.9 Å². The highest BCUT2D eigenvalue weighted by Gasteiger charge is 2.40. The Morgan fingerprint density at radius 2 is 1.86 bits per heavy atom. The average molecular weight is 533 g/mol. The fraction of sp³-hybridized carbons (Fsp3) is 0.227. The SMILES string of the molecule is Cn1cnnc1-c1cnn(C)c1-c1cc(NS(C)(=O)=O)nc(N2Cc3c(cccc3C(F)(F)F)C2=O)c1. The van der Waals surface area contributed by atoms with Crippen molar-refractivity contribution in [3.63, 3.8) is 0 Å². The van der Waals surface area contributed by atoms with E-state index in [2.05, 4.69) is 25.0 Å². The quantitative estimate of drug-likeness (QED) is 0.419. The molecule has 11 nitrogen and oxygen atoms in total. The first-order chi connectivity index (χ1) is 17.3. The summed E-state index contributed by atoms with van der Waals surface area (Å²) in [5.41, 5.74) is 0.263. The molecule has 1 N–H and O–H groups in total. The minimum atomic E-state index is -4.65. The number of halogens is 3. The second kappa shape index (κ2) is 8.40. The zero-order valence-corrected chi connectivity index (χ0v) is 20.5. The van der Waals surface area contributed by atoms with Crippen LogP contribution in [0.1, 0.15) is 21.5 Å². The maximum absolute atomic E-state index is 13.6. The van der Waals surface area contributed by atoms with Gasteiger partial charge in [-0.3, -0.25) is 19.1 Å². The third-order valence-corrected chi connectivity index (χ3v) is 6.40. The van der Waals surface area contributed by atoms with Gasteiger partial charge in [0.2, 0.25) is 10.0 Å². The van der Waals surface area contributed by atoms with Gasteiger partial charge in [-0.05, 0) is 29.8 Å². The summed E-state index contributed by atoms with van der Waals surface area (Å²) >= 11 is 0. The number of benzene rings is 1. The normalized spacial score (nSPS) is 13.8. The first-order valence-electron chi connectivity index (χ1n) is 10.7. The Hall–Kier alpha value is -4.27. The topological polar surface area (TPSA) is 128 Å². The standard InChI is InChI=1S/C22H19F3N8O3S/c1-31-11-26-29-20(31)14-9-27-32(2)19(14)12-7-17(30-37(3,35)36)28-18(8-12)33-10-15-13(21(33)34)5-4-6-16(15)22(23,24)25/h4-9,11H,10H2,1-3H3,(H,28,30). The number of carbonyl (C=O) groups excluding carboxylic acids is 1. The number of fused-ring (bicyclic) bond motifs is 1. The molecule has 0 spiro atoms. The van der Waals surface area contributed by atoms with E-state index in [1.165, 1.54) is 35.3 Å². The number of amides is 1. The van der Waals surface area contributed by atoms with E-state index in [1.54, 1.807) is 24.9 Å². The van der Waals surface area contributed by atoms with Gasteiger partial charge in [0.15, 0.2) is 5.82 Å². The lowest BCUT2D eigenvalue weighted by molar-refractivity contribution is -0.138. The van der Waals surface area contributed by atoms with Crippen molar-refractivity contribution in [3.8, 4) is 22.6 Å². The molecule has 4 aromatic rings. The maximum Gasteiger partial charge on any atom is 0.416 e. The van der Waals surface area contributed by atoms with Crippen LogP contribution in [0.25, 0.3) is 22.6 Å². The van der Waals surface area contributed by atoms with Gasteiger partial charge in [-0.2, -0.15) is 18.3 Å². The summed E-state index contributed by atoms with van der Waals surface area (Å²) in [5.74, 6) is -0.379. The highest BCUT2D eigenvalue weighted by atomic mass is 32.2. The Morgan fingerprint density at radius 3 is 2.51 bits per heavy atom. The highest BCUT2D eigenvalue weighted by molar-refractivity contribution is 7.92. The van der Waals surface area contributed by atoms with Crippen LogP contribution in [0.4, 0.5) is 24.8 Å². The van der Waals surface area contributed by atoms with Crippen LogP contribution in [0, 0.1) is 0 Å². The number of pyridine rings is 1. The lowest BCUT2D eigenvalue weighted by atomic mass is 10.0. The Morgan fingerprint density at radius 1 is 1.11 bits per heavy atom. The zero-order chi connectivity index (χ0) is 26.7. The van der Waals surface area contributed by atoms with Gasteiger partial charge in [-0.1, -0.05) is 6.07 Å². The average Bonchev–Trinajstić information content (AvgIpc) is 3.48. The van der Waals surface area contributed by atoms with Gasteiger partial charge in [-0.25, -0.2) is 13.4 Å². The molecule has 3 aromatic heterocycles. The molecule has 37 heavy (non-hydrogen) atoms. The Balaban J connectivity index is 1.67. The van der Waals surface area contributed by atoms with Gasteiger partial charge in [0.25, 0.3) is 5.91 Å². The maximum atomic E-state index is 13.6. The molecule has 1 aliphatic heterocycles. The van der Waals surface area contributed by atoms with E-state index < -0.39 is 27.7 Å². The minimum Gasteiger partial charge on any atom is -0.317 e. The number of nitrogens with one attached hydrogen (secondary N) is 1. The van der Waals surface area contributed by atoms with Crippen LogP contribution in [0.15, 0.2) is 42.9 Å². The summed E-state index contributed by atoms with van der Waals surface area (Å²) < 4.78 is 70.3. The molecule has 1 aromatic carbocycles. The molecule has 1 aliphatic rings. The number of aryl methyl sites for hydroxylation is 2. The molecule has 1 amide bonds. The van der Waals surface area contributed by atoms with Crippen LogP contribution >= 0.6 is 0 Å². The Kier molecular flexibility index (Phi) is 5.54. The molecule has 0 saturated heterocycles. The monoisotopic (exact) mass is 532 g/mol. The van der Waals surface area contributed by atoms with Crippen molar-refractivity contribution < 1.29 is 26.4 Å². The van der Waals surface area contributed by atoms with E-state index in [0.717, 1.165) is 17.2 Å². The first kappa shape index (κ1) is 24.4. The zero-order valence-electron chi connectivity index (χ0n) is 19.6. The van der Waals surface area contributed by atoms with Crippen LogP contribution in [0.2, 0.25) is 0 Å². The minimum absolute atomic E-state index is 0.0388. The number of alkyl halides is 3. The molecule has 15 heteroatoms. The summed E-state index contributed by atoms with van der Waals surface area (Å²) in [6.07, 6.45) is -0.670. The molecular weight excluding hydrogens is 513 g/mol. The number of carbonyl (C=O) groups is 1. The second-order valence-electron chi connectivity index (χ2n) is 8.49. The Bertz CT molecular complexity index is 1660. The first-order valence-corrected chi connectivity index (χ1v) is 12.6. The number of rotatable bonds is 5. The lowest BCUT2D eigenvalue weighted by Gasteiger charge is -2.18. The molecule has 0 unspecified atom stereocenters. The summed E-state index contributed by atoms with van der Waals surface area (Å²) in [7, 11) is -0.387. The fourth-order valence-corrected chi connectivity index (χ4v) is 4.77. The molecule has 192 valence electrons. The van der Waals surface area contributed by atoms with Crippen molar-refractivity contribution in [2.24, 2.45) is 14.1 Å². The molecular formula is C22H19F3N8O3S. The number of hydrogen-bond donors (Lipinski definition) is 1. The van der Waals surface area contributed by atoms with E-state index in [-0.39, 0.29) is 29.3 Å². The van der Waals surface area contributed by atoms with Crippen LogP contribution < -0.4 is 9.62 Å². The van der Waals surface area contributed by atoms with Crippen molar-refractivity contribution in [3.05, 3.63) is 59.5 Å². The van der Waals surface area contributed by atoms with Crippen molar-refractivity contribution in [1.82, 2.24) is 29.5 Å². The van der Waals surface area contributed by atoms with E-state index in [9.17, 15) is 26.4 Å². The molecule has 0 saturated carbocycles. The van der Waals surface area contributed by atoms with E-state index in [4.69, 9.17) is 0 Å². The molecule has 0 radical (unpaired) electrons. The molecule has 0 bridgehead atoms. The number of hydrogen-bond acceptors (Lipinski definition) is 7. The van der Waals surface area contributed by atoms with E-state index in [0.29, 0.717) is 22.6 Å².